The summed E-state index contributed by atoms with van der Waals surface area (Å²) in [6.45, 7) is 2.33. The SMILES string of the molecule is O=C1CCCCCN1CCCNC(=O)C12CC3CC(CC(Cl)(C3)C1)C2. The van der Waals surface area contributed by atoms with Gasteiger partial charge in [-0.05, 0) is 69.6 Å². The van der Waals surface area contributed by atoms with E-state index >= 15 is 0 Å². The summed E-state index contributed by atoms with van der Waals surface area (Å²) < 4.78 is 0. The van der Waals surface area contributed by atoms with Crippen molar-refractivity contribution in [1.82, 2.24) is 10.2 Å². The van der Waals surface area contributed by atoms with Crippen molar-refractivity contribution in [3.63, 3.8) is 0 Å². The molecule has 5 heteroatoms. The first-order valence-electron chi connectivity index (χ1n) is 10.2. The molecule has 0 aromatic carbocycles. The topological polar surface area (TPSA) is 49.4 Å². The second kappa shape index (κ2) is 6.75. The van der Waals surface area contributed by atoms with Gasteiger partial charge in [-0.3, -0.25) is 9.59 Å². The number of halogens is 1. The number of rotatable bonds is 5. The number of hydrogen-bond acceptors (Lipinski definition) is 2. The van der Waals surface area contributed by atoms with Crippen LogP contribution in [-0.4, -0.2) is 41.2 Å². The third kappa shape index (κ3) is 3.56. The Kier molecular flexibility index (Phi) is 4.76. The first-order valence-corrected chi connectivity index (χ1v) is 10.6. The van der Waals surface area contributed by atoms with E-state index in [2.05, 4.69) is 5.32 Å². The Morgan fingerprint density at radius 2 is 1.92 bits per heavy atom. The number of nitrogens with one attached hydrogen (secondary N) is 1. The Balaban J connectivity index is 1.27. The maximum Gasteiger partial charge on any atom is 0.226 e. The molecular weight excluding hydrogens is 336 g/mol. The molecule has 4 bridgehead atoms. The zero-order chi connectivity index (χ0) is 17.5. The molecule has 1 aliphatic heterocycles. The molecule has 0 aromatic rings. The molecule has 5 fully saturated rings. The number of hydrogen-bond donors (Lipinski definition) is 1. The summed E-state index contributed by atoms with van der Waals surface area (Å²) in [6, 6.07) is 0. The molecule has 5 rings (SSSR count). The van der Waals surface area contributed by atoms with Gasteiger partial charge in [0.15, 0.2) is 0 Å². The largest absolute Gasteiger partial charge is 0.356 e. The van der Waals surface area contributed by atoms with E-state index in [1.807, 2.05) is 4.90 Å². The van der Waals surface area contributed by atoms with Crippen molar-refractivity contribution in [2.24, 2.45) is 17.3 Å². The van der Waals surface area contributed by atoms with Crippen LogP contribution in [0.5, 0.6) is 0 Å². The van der Waals surface area contributed by atoms with Crippen molar-refractivity contribution in [1.29, 1.82) is 0 Å². The van der Waals surface area contributed by atoms with Gasteiger partial charge in [-0.15, -0.1) is 11.6 Å². The Labute approximate surface area is 156 Å². The Morgan fingerprint density at radius 1 is 1.16 bits per heavy atom. The van der Waals surface area contributed by atoms with E-state index in [1.165, 1.54) is 6.42 Å². The van der Waals surface area contributed by atoms with Crippen LogP contribution in [0.25, 0.3) is 0 Å². The fraction of sp³-hybridized carbons (Fsp3) is 0.900. The quantitative estimate of drug-likeness (QED) is 0.598. The van der Waals surface area contributed by atoms with Crippen LogP contribution in [0.2, 0.25) is 0 Å². The van der Waals surface area contributed by atoms with Crippen molar-refractivity contribution >= 4 is 23.4 Å². The highest BCUT2D eigenvalue weighted by atomic mass is 35.5. The van der Waals surface area contributed by atoms with E-state index in [0.717, 1.165) is 70.9 Å². The average molecular weight is 367 g/mol. The van der Waals surface area contributed by atoms with Gasteiger partial charge in [0, 0.05) is 30.9 Å². The molecule has 4 nitrogen and oxygen atoms in total. The molecule has 5 aliphatic rings. The second-order valence-electron chi connectivity index (χ2n) is 9.19. The summed E-state index contributed by atoms with van der Waals surface area (Å²) in [4.78, 5) is 26.9. The number of carbonyl (C=O) groups is 2. The Morgan fingerprint density at radius 3 is 2.64 bits per heavy atom. The lowest BCUT2D eigenvalue weighted by Gasteiger charge is -2.59. The maximum absolute atomic E-state index is 13.0. The van der Waals surface area contributed by atoms with Crippen molar-refractivity contribution in [2.45, 2.75) is 75.5 Å². The molecule has 25 heavy (non-hydrogen) atoms. The monoisotopic (exact) mass is 366 g/mol. The lowest BCUT2D eigenvalue weighted by Crippen LogP contribution is -2.58. The Hall–Kier alpha value is -0.770. The minimum absolute atomic E-state index is 0.111. The van der Waals surface area contributed by atoms with E-state index in [1.54, 1.807) is 0 Å². The summed E-state index contributed by atoms with van der Waals surface area (Å²) in [7, 11) is 0. The van der Waals surface area contributed by atoms with E-state index in [-0.39, 0.29) is 22.1 Å². The molecule has 4 aliphatic carbocycles. The number of nitrogens with zero attached hydrogens (tertiary/aromatic N) is 1. The highest BCUT2D eigenvalue weighted by molar-refractivity contribution is 6.24. The predicted octanol–water partition coefficient (Wildman–Crippen LogP) is 3.47. The lowest BCUT2D eigenvalue weighted by atomic mass is 9.49. The van der Waals surface area contributed by atoms with Crippen LogP contribution in [0.3, 0.4) is 0 Å². The molecule has 1 saturated heterocycles. The van der Waals surface area contributed by atoms with Crippen molar-refractivity contribution < 1.29 is 9.59 Å². The molecule has 2 atom stereocenters. The predicted molar refractivity (Wildman–Crippen MR) is 98.4 cm³/mol. The third-order valence-corrected chi connectivity index (χ3v) is 7.48. The second-order valence-corrected chi connectivity index (χ2v) is 9.99. The summed E-state index contributed by atoms with van der Waals surface area (Å²) in [6.07, 6.45) is 11.3. The minimum atomic E-state index is -0.204. The van der Waals surface area contributed by atoms with Gasteiger partial charge >= 0.3 is 0 Å². The van der Waals surface area contributed by atoms with Gasteiger partial charge in [0.1, 0.15) is 0 Å². The molecule has 2 unspecified atom stereocenters. The molecule has 2 amide bonds. The number of carbonyl (C=O) groups excluding carboxylic acids is 2. The third-order valence-electron chi connectivity index (χ3n) is 7.03. The summed E-state index contributed by atoms with van der Waals surface area (Å²) in [5.41, 5.74) is -0.204. The number of amides is 2. The summed E-state index contributed by atoms with van der Waals surface area (Å²) in [5, 5.41) is 3.19. The van der Waals surface area contributed by atoms with Crippen LogP contribution >= 0.6 is 11.6 Å². The molecule has 0 spiro atoms. The molecule has 140 valence electrons. The minimum Gasteiger partial charge on any atom is -0.356 e. The number of likely N-dealkylation sites (tertiary alicyclic amines) is 1. The van der Waals surface area contributed by atoms with Crippen molar-refractivity contribution in [3.8, 4) is 0 Å². The zero-order valence-corrected chi connectivity index (χ0v) is 16.0. The van der Waals surface area contributed by atoms with Crippen LogP contribution in [0, 0.1) is 17.3 Å². The summed E-state index contributed by atoms with van der Waals surface area (Å²) >= 11 is 6.83. The Bertz CT molecular complexity index is 536. The first kappa shape index (κ1) is 17.6. The van der Waals surface area contributed by atoms with Crippen molar-refractivity contribution in [2.75, 3.05) is 19.6 Å². The van der Waals surface area contributed by atoms with Crippen LogP contribution in [0.15, 0.2) is 0 Å². The highest BCUT2D eigenvalue weighted by Crippen LogP contribution is 2.63. The molecule has 0 aromatic heterocycles. The van der Waals surface area contributed by atoms with E-state index in [0.29, 0.717) is 24.8 Å². The van der Waals surface area contributed by atoms with Crippen LogP contribution in [0.4, 0.5) is 0 Å². The van der Waals surface area contributed by atoms with Crippen LogP contribution in [-0.2, 0) is 9.59 Å². The van der Waals surface area contributed by atoms with E-state index in [9.17, 15) is 9.59 Å². The molecule has 1 heterocycles. The normalized spacial score (nSPS) is 40.2. The van der Waals surface area contributed by atoms with Gasteiger partial charge in [0.25, 0.3) is 0 Å². The zero-order valence-electron chi connectivity index (χ0n) is 15.2. The first-order chi connectivity index (χ1) is 12.0. The fourth-order valence-electron chi connectivity index (χ4n) is 6.35. The van der Waals surface area contributed by atoms with E-state index in [4.69, 9.17) is 11.6 Å². The van der Waals surface area contributed by atoms with Gasteiger partial charge < -0.3 is 10.2 Å². The van der Waals surface area contributed by atoms with Gasteiger partial charge in [0.05, 0.1) is 5.41 Å². The van der Waals surface area contributed by atoms with Crippen LogP contribution < -0.4 is 5.32 Å². The fourth-order valence-corrected chi connectivity index (χ4v) is 7.04. The molecular formula is C20H31ClN2O2. The highest BCUT2D eigenvalue weighted by Gasteiger charge is 2.59. The lowest BCUT2D eigenvalue weighted by molar-refractivity contribution is -0.144. The average Bonchev–Trinajstić information content (AvgIpc) is 2.73. The van der Waals surface area contributed by atoms with Gasteiger partial charge in [0.2, 0.25) is 11.8 Å². The standard InChI is InChI=1S/C20H31ClN2O2/c21-20-12-15-9-16(13-20)11-19(10-15,14-20)18(25)22-6-4-8-23-7-3-1-2-5-17(23)24/h15-16H,1-14H2,(H,22,25). The van der Waals surface area contributed by atoms with Crippen molar-refractivity contribution in [3.05, 3.63) is 0 Å². The molecule has 4 saturated carbocycles. The van der Waals surface area contributed by atoms with Crippen LogP contribution in [0.1, 0.15) is 70.6 Å². The molecule has 1 N–H and O–H groups in total. The maximum atomic E-state index is 13.0. The molecule has 0 radical (unpaired) electrons. The number of alkyl halides is 1. The van der Waals surface area contributed by atoms with Gasteiger partial charge in [-0.2, -0.15) is 0 Å². The van der Waals surface area contributed by atoms with E-state index < -0.39 is 0 Å². The summed E-state index contributed by atoms with van der Waals surface area (Å²) in [5.74, 6) is 1.82. The van der Waals surface area contributed by atoms with Gasteiger partial charge in [-0.1, -0.05) is 6.42 Å². The smallest absolute Gasteiger partial charge is 0.226 e. The van der Waals surface area contributed by atoms with Gasteiger partial charge in [-0.25, -0.2) is 0 Å².